The average molecular weight is 284 g/mol. The molecule has 107 valence electrons. The van der Waals surface area contributed by atoms with E-state index in [0.29, 0.717) is 19.6 Å². The van der Waals surface area contributed by atoms with E-state index in [1.165, 1.54) is 4.90 Å². The normalized spacial score (nSPS) is 19.4. The zero-order chi connectivity index (χ0) is 14.5. The van der Waals surface area contributed by atoms with Gasteiger partial charge in [0.1, 0.15) is 11.6 Å². The molecule has 0 aromatic rings. The maximum atomic E-state index is 12.0. The molecule has 0 N–H and O–H groups in total. The lowest BCUT2D eigenvalue weighted by Gasteiger charge is -2.27. The van der Waals surface area contributed by atoms with Crippen LogP contribution in [-0.2, 0) is 14.3 Å². The van der Waals surface area contributed by atoms with Gasteiger partial charge in [-0.05, 0) is 40.0 Å². The van der Waals surface area contributed by atoms with Crippen LogP contribution in [0.1, 0.15) is 40.0 Å². The van der Waals surface area contributed by atoms with E-state index in [-0.39, 0.29) is 5.97 Å². The fourth-order valence-corrected chi connectivity index (χ4v) is 2.04. The summed E-state index contributed by atoms with van der Waals surface area (Å²) in [6.07, 6.45) is 1.78. The van der Waals surface area contributed by atoms with Gasteiger partial charge in [0.25, 0.3) is 0 Å². The molecule has 1 aliphatic rings. The van der Waals surface area contributed by atoms with Gasteiger partial charge in [-0.25, -0.2) is 9.59 Å². The zero-order valence-electron chi connectivity index (χ0n) is 11.9. The van der Waals surface area contributed by atoms with E-state index in [9.17, 15) is 9.59 Å². The molecule has 0 aromatic carbocycles. The Hall–Kier alpha value is -1.04. The molecule has 1 fully saturated rings. The SMILES string of the molecule is CC(C)(C)OC(=O)N1CCCC1C(=O)OCCC[Si]. The third-order valence-electron chi connectivity index (χ3n) is 2.72. The maximum absolute atomic E-state index is 12.0. The van der Waals surface area contributed by atoms with E-state index in [2.05, 4.69) is 10.2 Å². The van der Waals surface area contributed by atoms with Crippen LogP contribution in [0, 0.1) is 0 Å². The summed E-state index contributed by atoms with van der Waals surface area (Å²) in [7, 11) is 3.32. The van der Waals surface area contributed by atoms with Crippen molar-refractivity contribution in [1.82, 2.24) is 4.90 Å². The second-order valence-corrected chi connectivity index (χ2v) is 6.10. The minimum Gasteiger partial charge on any atom is -0.464 e. The number of nitrogens with zero attached hydrogens (tertiary/aromatic N) is 1. The molecule has 1 saturated heterocycles. The lowest BCUT2D eigenvalue weighted by Crippen LogP contribution is -2.44. The molecule has 0 spiro atoms. The Labute approximate surface area is 118 Å². The summed E-state index contributed by atoms with van der Waals surface area (Å²) in [6, 6.07) is 0.290. The van der Waals surface area contributed by atoms with Gasteiger partial charge in [0.05, 0.1) is 6.61 Å². The first-order valence-electron chi connectivity index (χ1n) is 6.66. The topological polar surface area (TPSA) is 55.8 Å². The lowest BCUT2D eigenvalue weighted by molar-refractivity contribution is -0.148. The van der Waals surface area contributed by atoms with E-state index in [4.69, 9.17) is 9.47 Å². The fraction of sp³-hybridized carbons (Fsp3) is 0.846. The molecule has 19 heavy (non-hydrogen) atoms. The molecular formula is C13H22NO4Si. The van der Waals surface area contributed by atoms with Crippen molar-refractivity contribution < 1.29 is 19.1 Å². The van der Waals surface area contributed by atoms with Crippen molar-refractivity contribution in [2.24, 2.45) is 0 Å². The van der Waals surface area contributed by atoms with E-state index in [1.807, 2.05) is 20.8 Å². The van der Waals surface area contributed by atoms with E-state index < -0.39 is 17.7 Å². The maximum Gasteiger partial charge on any atom is 0.411 e. The molecule has 0 aromatic heterocycles. The number of hydrogen-bond acceptors (Lipinski definition) is 4. The minimum absolute atomic E-state index is 0.330. The smallest absolute Gasteiger partial charge is 0.411 e. The third-order valence-corrected chi connectivity index (χ3v) is 3.07. The molecule has 0 bridgehead atoms. The Kier molecular flexibility index (Phi) is 5.84. The van der Waals surface area contributed by atoms with Gasteiger partial charge >= 0.3 is 12.1 Å². The molecule has 1 amide bonds. The standard InChI is InChI=1S/C13H22NO4Si/c1-13(2,3)18-12(16)14-7-4-6-10(14)11(15)17-8-5-9-19/h10H,4-9H2,1-3H3. The fourth-order valence-electron chi connectivity index (χ4n) is 1.89. The number of carbonyl (C=O) groups excluding carboxylic acids is 2. The van der Waals surface area contributed by atoms with Crippen molar-refractivity contribution in [3.63, 3.8) is 0 Å². The van der Waals surface area contributed by atoms with Gasteiger partial charge in [-0.15, -0.1) is 0 Å². The first kappa shape index (κ1) is 16.0. The molecule has 1 heterocycles. The average Bonchev–Trinajstić information content (AvgIpc) is 2.75. The molecule has 0 aliphatic carbocycles. The van der Waals surface area contributed by atoms with Crippen molar-refractivity contribution in [3.05, 3.63) is 0 Å². The number of carbonyl (C=O) groups is 2. The highest BCUT2D eigenvalue weighted by Crippen LogP contribution is 2.21. The molecule has 6 heteroatoms. The van der Waals surface area contributed by atoms with Crippen molar-refractivity contribution >= 4 is 22.3 Å². The summed E-state index contributed by atoms with van der Waals surface area (Å²) in [4.78, 5) is 25.4. The number of esters is 1. The molecule has 5 nitrogen and oxygen atoms in total. The summed E-state index contributed by atoms with van der Waals surface area (Å²) < 4.78 is 10.5. The number of rotatable bonds is 4. The highest BCUT2D eigenvalue weighted by Gasteiger charge is 2.37. The molecule has 1 atom stereocenters. The quantitative estimate of drug-likeness (QED) is 0.449. The predicted octanol–water partition coefficient (Wildman–Crippen LogP) is 1.91. The first-order valence-corrected chi connectivity index (χ1v) is 7.36. The molecule has 3 radical (unpaired) electrons. The molecule has 1 aliphatic heterocycles. The highest BCUT2D eigenvalue weighted by molar-refractivity contribution is 6.08. The summed E-state index contributed by atoms with van der Waals surface area (Å²) in [5, 5.41) is 0. The van der Waals surface area contributed by atoms with Gasteiger partial charge in [0.15, 0.2) is 0 Å². The predicted molar refractivity (Wildman–Crippen MR) is 72.1 cm³/mol. The van der Waals surface area contributed by atoms with Crippen molar-refractivity contribution in [3.8, 4) is 0 Å². The molecular weight excluding hydrogens is 262 g/mol. The molecule has 0 saturated carbocycles. The second-order valence-electron chi connectivity index (χ2n) is 5.60. The van der Waals surface area contributed by atoms with Crippen LogP contribution in [0.5, 0.6) is 0 Å². The van der Waals surface area contributed by atoms with Crippen molar-refractivity contribution in [2.75, 3.05) is 13.2 Å². The van der Waals surface area contributed by atoms with E-state index in [0.717, 1.165) is 18.9 Å². The van der Waals surface area contributed by atoms with Gasteiger partial charge in [-0.2, -0.15) is 0 Å². The Morgan fingerprint density at radius 3 is 2.63 bits per heavy atom. The first-order chi connectivity index (χ1) is 8.85. The number of hydrogen-bond donors (Lipinski definition) is 0. The number of likely N-dealkylation sites (tertiary alicyclic amines) is 1. The summed E-state index contributed by atoms with van der Waals surface area (Å²) in [5.74, 6) is -0.330. The third kappa shape index (κ3) is 5.22. The van der Waals surface area contributed by atoms with Crippen LogP contribution < -0.4 is 0 Å². The number of amides is 1. The van der Waals surface area contributed by atoms with Gasteiger partial charge in [0, 0.05) is 16.8 Å². The van der Waals surface area contributed by atoms with Gasteiger partial charge in [-0.3, -0.25) is 4.90 Å². The Morgan fingerprint density at radius 2 is 2.05 bits per heavy atom. The minimum atomic E-state index is -0.552. The second kappa shape index (κ2) is 6.93. The summed E-state index contributed by atoms with van der Waals surface area (Å²) in [5.41, 5.74) is -0.552. The number of ether oxygens (including phenoxy) is 2. The molecule has 1 rings (SSSR count). The van der Waals surface area contributed by atoms with Crippen molar-refractivity contribution in [1.29, 1.82) is 0 Å². The van der Waals surface area contributed by atoms with Crippen LogP contribution in [0.15, 0.2) is 0 Å². The van der Waals surface area contributed by atoms with Crippen molar-refractivity contribution in [2.45, 2.75) is 57.7 Å². The van der Waals surface area contributed by atoms with Crippen LogP contribution in [0.2, 0.25) is 6.04 Å². The summed E-state index contributed by atoms with van der Waals surface area (Å²) >= 11 is 0. The van der Waals surface area contributed by atoms with Crippen LogP contribution in [-0.4, -0.2) is 52.0 Å². The highest BCUT2D eigenvalue weighted by atomic mass is 28.1. The van der Waals surface area contributed by atoms with E-state index in [1.54, 1.807) is 0 Å². The van der Waals surface area contributed by atoms with Gasteiger partial charge in [-0.1, -0.05) is 6.04 Å². The Balaban J connectivity index is 2.53. The van der Waals surface area contributed by atoms with Gasteiger partial charge < -0.3 is 9.47 Å². The monoisotopic (exact) mass is 284 g/mol. The zero-order valence-corrected chi connectivity index (χ0v) is 12.9. The summed E-state index contributed by atoms with van der Waals surface area (Å²) in [6.45, 7) is 6.35. The van der Waals surface area contributed by atoms with E-state index >= 15 is 0 Å². The molecule has 1 unspecified atom stereocenters. The Bertz CT molecular complexity index is 327. The van der Waals surface area contributed by atoms with Crippen LogP contribution >= 0.6 is 0 Å². The van der Waals surface area contributed by atoms with Crippen LogP contribution in [0.4, 0.5) is 4.79 Å². The lowest BCUT2D eigenvalue weighted by atomic mass is 10.2. The van der Waals surface area contributed by atoms with Crippen LogP contribution in [0.3, 0.4) is 0 Å². The Morgan fingerprint density at radius 1 is 1.37 bits per heavy atom. The van der Waals surface area contributed by atoms with Crippen LogP contribution in [0.25, 0.3) is 0 Å². The largest absolute Gasteiger partial charge is 0.464 e. The van der Waals surface area contributed by atoms with Gasteiger partial charge in [0.2, 0.25) is 0 Å².